The molecule has 0 unspecified atom stereocenters. The molecule has 0 bridgehead atoms. The normalized spacial score (nSPS) is 15.7. The number of hydrogen-bond acceptors (Lipinski definition) is 8. The lowest BCUT2D eigenvalue weighted by Crippen LogP contribution is -2.50. The minimum Gasteiger partial charge on any atom is -0.493 e. The molecule has 2 aliphatic heterocycles. The summed E-state index contributed by atoms with van der Waals surface area (Å²) in [4.78, 5) is 34.8. The Hall–Kier alpha value is -4.56. The zero-order valence-corrected chi connectivity index (χ0v) is 23.8. The fraction of sp³-hybridized carbons (Fsp3) is 0.419. The van der Waals surface area contributed by atoms with Gasteiger partial charge in [0.2, 0.25) is 0 Å². The van der Waals surface area contributed by atoms with Gasteiger partial charge in [0.25, 0.3) is 0 Å². The first-order valence-electron chi connectivity index (χ1n) is 14.4. The average molecular weight is 573 g/mol. The monoisotopic (exact) mass is 572 g/mol. The van der Waals surface area contributed by atoms with Crippen LogP contribution in [-0.4, -0.2) is 91.4 Å². The van der Waals surface area contributed by atoms with Crippen LogP contribution < -0.4 is 19.7 Å². The van der Waals surface area contributed by atoms with Crippen molar-refractivity contribution in [3.63, 3.8) is 0 Å². The Morgan fingerprint density at radius 2 is 1.76 bits per heavy atom. The molecule has 0 saturated carbocycles. The van der Waals surface area contributed by atoms with Gasteiger partial charge in [-0.3, -0.25) is 4.98 Å². The summed E-state index contributed by atoms with van der Waals surface area (Å²) in [6.45, 7) is 5.86. The molecule has 220 valence electrons. The van der Waals surface area contributed by atoms with Gasteiger partial charge in [-0.1, -0.05) is 6.42 Å². The highest BCUT2D eigenvalue weighted by molar-refractivity contribution is 5.97. The Kier molecular flexibility index (Phi) is 9.24. The molecule has 11 nitrogen and oxygen atoms in total. The van der Waals surface area contributed by atoms with Crippen molar-refractivity contribution in [3.05, 3.63) is 53.7 Å². The molecule has 3 heterocycles. The molecule has 0 spiro atoms. The van der Waals surface area contributed by atoms with E-state index < -0.39 is 5.97 Å². The molecule has 2 amide bonds. The second kappa shape index (κ2) is 13.4. The summed E-state index contributed by atoms with van der Waals surface area (Å²) in [5.74, 6) is 0.198. The van der Waals surface area contributed by atoms with E-state index in [1.54, 1.807) is 30.3 Å². The number of rotatable bonds is 9. The van der Waals surface area contributed by atoms with Crippen LogP contribution in [0.4, 0.5) is 16.2 Å². The van der Waals surface area contributed by atoms with E-state index in [9.17, 15) is 14.9 Å². The van der Waals surface area contributed by atoms with E-state index in [0.29, 0.717) is 61.1 Å². The Balaban J connectivity index is 1.26. The molecule has 0 aliphatic carbocycles. The number of carboxylic acid groups (broad SMARTS) is 1. The molecule has 42 heavy (non-hydrogen) atoms. The summed E-state index contributed by atoms with van der Waals surface area (Å²) >= 11 is 0. The third-order valence-electron chi connectivity index (χ3n) is 7.84. The van der Waals surface area contributed by atoms with Crippen molar-refractivity contribution >= 4 is 34.3 Å². The van der Waals surface area contributed by atoms with Crippen molar-refractivity contribution in [3.8, 4) is 17.6 Å². The van der Waals surface area contributed by atoms with Gasteiger partial charge in [0.15, 0.2) is 11.5 Å². The SMILES string of the molecule is COc1cc2c(N3CCN(C(=O)Nc4ccc(C(=O)O)cc4)CC3)c(C#N)cnc2cc1OCCCN1CCCCC1. The number of anilines is 2. The van der Waals surface area contributed by atoms with Crippen molar-refractivity contribution in [1.29, 1.82) is 5.26 Å². The van der Waals surface area contributed by atoms with Gasteiger partial charge in [-0.2, -0.15) is 5.26 Å². The number of piperazine rings is 1. The van der Waals surface area contributed by atoms with Gasteiger partial charge < -0.3 is 34.6 Å². The Bertz CT molecular complexity index is 1460. The van der Waals surface area contributed by atoms with E-state index >= 15 is 0 Å². The number of amides is 2. The zero-order chi connectivity index (χ0) is 29.5. The second-order valence-electron chi connectivity index (χ2n) is 10.5. The number of aromatic carboxylic acids is 1. The number of hydrogen-bond donors (Lipinski definition) is 2. The van der Waals surface area contributed by atoms with Crippen LogP contribution in [0.5, 0.6) is 11.5 Å². The fourth-order valence-electron chi connectivity index (χ4n) is 5.57. The van der Waals surface area contributed by atoms with Crippen LogP contribution in [0.15, 0.2) is 42.6 Å². The molecule has 2 aliphatic rings. The van der Waals surface area contributed by atoms with Crippen LogP contribution >= 0.6 is 0 Å². The van der Waals surface area contributed by atoms with E-state index in [1.165, 1.54) is 31.4 Å². The number of benzene rings is 2. The maximum Gasteiger partial charge on any atom is 0.335 e. The summed E-state index contributed by atoms with van der Waals surface area (Å²) in [7, 11) is 1.61. The second-order valence-corrected chi connectivity index (χ2v) is 10.5. The number of fused-ring (bicyclic) bond motifs is 1. The predicted molar refractivity (Wildman–Crippen MR) is 160 cm³/mol. The molecule has 2 fully saturated rings. The van der Waals surface area contributed by atoms with Crippen LogP contribution in [0.2, 0.25) is 0 Å². The zero-order valence-electron chi connectivity index (χ0n) is 23.8. The summed E-state index contributed by atoms with van der Waals surface area (Å²) < 4.78 is 11.8. The standard InChI is InChI=1S/C31H36N6O5/c1-41-27-18-25-26(19-28(27)42-17-5-12-35-10-3-2-4-11-35)33-21-23(20-32)29(25)36-13-15-37(16-14-36)31(40)34-24-8-6-22(7-9-24)30(38)39/h6-9,18-19,21H,2-5,10-17H2,1H3,(H,34,40)(H,38,39). The Labute approximate surface area is 245 Å². The molecule has 2 saturated heterocycles. The quantitative estimate of drug-likeness (QED) is 0.358. The number of ether oxygens (including phenoxy) is 2. The predicted octanol–water partition coefficient (Wildman–Crippen LogP) is 4.42. The smallest absolute Gasteiger partial charge is 0.335 e. The molecule has 1 aromatic heterocycles. The van der Waals surface area contributed by atoms with Gasteiger partial charge in [-0.15, -0.1) is 0 Å². The summed E-state index contributed by atoms with van der Waals surface area (Å²) in [5.41, 5.74) is 2.61. The van der Waals surface area contributed by atoms with Crippen molar-refractivity contribution in [2.24, 2.45) is 0 Å². The lowest BCUT2D eigenvalue weighted by atomic mass is 10.1. The highest BCUT2D eigenvalue weighted by atomic mass is 16.5. The summed E-state index contributed by atoms with van der Waals surface area (Å²) in [5, 5.41) is 22.6. The maximum absolute atomic E-state index is 12.9. The topological polar surface area (TPSA) is 131 Å². The van der Waals surface area contributed by atoms with Crippen LogP contribution in [-0.2, 0) is 0 Å². The molecule has 0 atom stereocenters. The van der Waals surface area contributed by atoms with E-state index in [4.69, 9.17) is 14.6 Å². The number of carboxylic acids is 1. The van der Waals surface area contributed by atoms with E-state index in [1.807, 2.05) is 12.1 Å². The molecule has 5 rings (SSSR count). The summed E-state index contributed by atoms with van der Waals surface area (Å²) in [6, 6.07) is 11.8. The van der Waals surface area contributed by atoms with Gasteiger partial charge in [-0.05, 0) is 62.7 Å². The number of nitrogens with zero attached hydrogens (tertiary/aromatic N) is 5. The molecule has 2 aromatic carbocycles. The van der Waals surface area contributed by atoms with Gasteiger partial charge >= 0.3 is 12.0 Å². The Morgan fingerprint density at radius 1 is 1.02 bits per heavy atom. The van der Waals surface area contributed by atoms with Gasteiger partial charge in [0.1, 0.15) is 6.07 Å². The molecular formula is C31H36N6O5. The summed E-state index contributed by atoms with van der Waals surface area (Å²) in [6.07, 6.45) is 6.37. The van der Waals surface area contributed by atoms with Crippen LogP contribution in [0.1, 0.15) is 41.6 Å². The highest BCUT2D eigenvalue weighted by Crippen LogP contribution is 2.38. The first kappa shape index (κ1) is 29.0. The van der Waals surface area contributed by atoms with E-state index in [2.05, 4.69) is 26.2 Å². The van der Waals surface area contributed by atoms with Crippen molar-refractivity contribution in [2.75, 3.05) is 69.7 Å². The molecular weight excluding hydrogens is 536 g/mol. The number of carbonyl (C=O) groups excluding carboxylic acids is 1. The van der Waals surface area contributed by atoms with Crippen molar-refractivity contribution in [2.45, 2.75) is 25.7 Å². The number of nitrogens with one attached hydrogen (secondary N) is 1. The van der Waals surface area contributed by atoms with Gasteiger partial charge in [-0.25, -0.2) is 9.59 Å². The van der Waals surface area contributed by atoms with Gasteiger partial charge in [0.05, 0.1) is 36.0 Å². The fourth-order valence-corrected chi connectivity index (χ4v) is 5.57. The largest absolute Gasteiger partial charge is 0.493 e. The maximum atomic E-state index is 12.9. The third kappa shape index (κ3) is 6.66. The molecule has 3 aromatic rings. The lowest BCUT2D eigenvalue weighted by Gasteiger charge is -2.36. The number of aromatic nitrogens is 1. The number of methoxy groups -OCH3 is 1. The number of likely N-dealkylation sites (tertiary alicyclic amines) is 1. The molecule has 2 N–H and O–H groups in total. The van der Waals surface area contributed by atoms with Crippen LogP contribution in [0.25, 0.3) is 10.9 Å². The first-order valence-corrected chi connectivity index (χ1v) is 14.4. The van der Waals surface area contributed by atoms with E-state index in [0.717, 1.165) is 37.1 Å². The number of pyridine rings is 1. The van der Waals surface area contributed by atoms with Crippen molar-refractivity contribution in [1.82, 2.24) is 14.8 Å². The average Bonchev–Trinajstić information content (AvgIpc) is 3.03. The lowest BCUT2D eigenvalue weighted by molar-refractivity contribution is 0.0697. The van der Waals surface area contributed by atoms with Crippen LogP contribution in [0.3, 0.4) is 0 Å². The first-order chi connectivity index (χ1) is 20.5. The van der Waals surface area contributed by atoms with Crippen LogP contribution in [0, 0.1) is 11.3 Å². The minimum absolute atomic E-state index is 0.155. The number of piperidine rings is 1. The highest BCUT2D eigenvalue weighted by Gasteiger charge is 2.25. The van der Waals surface area contributed by atoms with E-state index in [-0.39, 0.29) is 11.6 Å². The third-order valence-corrected chi connectivity index (χ3v) is 7.84. The Morgan fingerprint density at radius 3 is 2.43 bits per heavy atom. The van der Waals surface area contributed by atoms with Crippen molar-refractivity contribution < 1.29 is 24.2 Å². The number of nitriles is 1. The molecule has 11 heteroatoms. The number of carbonyl (C=O) groups is 2. The minimum atomic E-state index is -1.02. The van der Waals surface area contributed by atoms with Gasteiger partial charge in [0, 0.05) is 56.1 Å². The number of urea groups is 1. The molecule has 0 radical (unpaired) electrons.